The van der Waals surface area contributed by atoms with Crippen LogP contribution < -0.4 is 11.1 Å². The van der Waals surface area contributed by atoms with Gasteiger partial charge in [-0.3, -0.25) is 4.79 Å². The summed E-state index contributed by atoms with van der Waals surface area (Å²) in [5.41, 5.74) is 6.99. The normalized spacial score (nSPS) is 22.9. The molecule has 0 bridgehead atoms. The molecule has 1 saturated carbocycles. The highest BCUT2D eigenvalue weighted by molar-refractivity contribution is 6.01. The Morgan fingerprint density at radius 2 is 2.20 bits per heavy atom. The molecule has 20 heavy (non-hydrogen) atoms. The van der Waals surface area contributed by atoms with Crippen LogP contribution in [0.25, 0.3) is 5.65 Å². The van der Waals surface area contributed by atoms with Gasteiger partial charge in [0.25, 0.3) is 5.91 Å². The Bertz CT molecular complexity index is 637. The van der Waals surface area contributed by atoms with Crippen LogP contribution in [-0.4, -0.2) is 31.8 Å². The summed E-state index contributed by atoms with van der Waals surface area (Å²) in [4.78, 5) is 15.8. The zero-order valence-corrected chi connectivity index (χ0v) is 11.4. The van der Waals surface area contributed by atoms with Crippen molar-refractivity contribution in [3.8, 4) is 0 Å². The van der Waals surface area contributed by atoms with E-state index in [9.17, 15) is 4.79 Å². The fourth-order valence-electron chi connectivity index (χ4n) is 2.83. The van der Waals surface area contributed by atoms with Crippen molar-refractivity contribution in [2.75, 3.05) is 5.32 Å². The van der Waals surface area contributed by atoms with E-state index in [1.165, 1.54) is 36.4 Å². The van der Waals surface area contributed by atoms with Crippen molar-refractivity contribution in [2.45, 2.75) is 38.6 Å². The average Bonchev–Trinajstić information content (AvgIpc) is 2.90. The number of aromatic nitrogens is 4. The number of primary amides is 1. The first-order valence-corrected chi connectivity index (χ1v) is 6.92. The number of carbonyl (C=O) groups is 1. The molecule has 3 rings (SSSR count). The van der Waals surface area contributed by atoms with Crippen molar-refractivity contribution in [3.63, 3.8) is 0 Å². The Kier molecular flexibility index (Phi) is 3.25. The quantitative estimate of drug-likeness (QED) is 0.876. The fourth-order valence-corrected chi connectivity index (χ4v) is 2.83. The molecule has 106 valence electrons. The number of amides is 1. The van der Waals surface area contributed by atoms with E-state index in [4.69, 9.17) is 5.73 Å². The smallest absolute Gasteiger partial charge is 0.252 e. The predicted molar refractivity (Wildman–Crippen MR) is 74.3 cm³/mol. The third-order valence-corrected chi connectivity index (χ3v) is 4.03. The first kappa shape index (κ1) is 12.8. The van der Waals surface area contributed by atoms with E-state index in [1.807, 2.05) is 0 Å². The van der Waals surface area contributed by atoms with E-state index in [-0.39, 0.29) is 0 Å². The second-order valence-corrected chi connectivity index (χ2v) is 5.38. The highest BCUT2D eigenvalue weighted by Gasteiger charge is 2.24. The Labute approximate surface area is 116 Å². The maximum absolute atomic E-state index is 11.6. The fraction of sp³-hybridized carbons (Fsp3) is 0.538. The van der Waals surface area contributed by atoms with Crippen molar-refractivity contribution >= 4 is 17.2 Å². The Morgan fingerprint density at radius 3 is 2.95 bits per heavy atom. The Balaban J connectivity index is 2.01. The maximum Gasteiger partial charge on any atom is 0.252 e. The highest BCUT2D eigenvalue weighted by Crippen LogP contribution is 2.29. The van der Waals surface area contributed by atoms with E-state index < -0.39 is 5.91 Å². The van der Waals surface area contributed by atoms with Crippen LogP contribution in [0.4, 0.5) is 5.69 Å². The third-order valence-electron chi connectivity index (χ3n) is 4.03. The number of hydrogen-bond donors (Lipinski definition) is 2. The van der Waals surface area contributed by atoms with Gasteiger partial charge in [-0.2, -0.15) is 5.10 Å². The SMILES string of the molecule is CC1CCCCC1Nc1c(C(N)=O)cnn2ncnc12. The maximum atomic E-state index is 11.6. The third kappa shape index (κ3) is 2.19. The molecule has 3 N–H and O–H groups in total. The lowest BCUT2D eigenvalue weighted by Gasteiger charge is -2.30. The molecule has 0 spiro atoms. The average molecular weight is 274 g/mol. The molecular weight excluding hydrogens is 256 g/mol. The van der Waals surface area contributed by atoms with E-state index in [1.54, 1.807) is 0 Å². The number of nitrogens with two attached hydrogens (primary N) is 1. The lowest BCUT2D eigenvalue weighted by atomic mass is 9.86. The lowest BCUT2D eigenvalue weighted by molar-refractivity contribution is 0.100. The van der Waals surface area contributed by atoms with E-state index in [2.05, 4.69) is 27.4 Å². The molecule has 0 saturated heterocycles. The molecule has 1 aliphatic carbocycles. The van der Waals surface area contributed by atoms with Gasteiger partial charge < -0.3 is 11.1 Å². The lowest BCUT2D eigenvalue weighted by Crippen LogP contribution is -2.32. The Hall–Kier alpha value is -2.18. The van der Waals surface area contributed by atoms with Gasteiger partial charge in [0.15, 0.2) is 5.65 Å². The Morgan fingerprint density at radius 1 is 1.40 bits per heavy atom. The van der Waals surface area contributed by atoms with Crippen LogP contribution in [-0.2, 0) is 0 Å². The number of nitrogens with one attached hydrogen (secondary N) is 1. The van der Waals surface area contributed by atoms with Gasteiger partial charge in [0, 0.05) is 6.04 Å². The molecule has 1 fully saturated rings. The van der Waals surface area contributed by atoms with Crippen LogP contribution in [0.1, 0.15) is 43.0 Å². The standard InChI is InChI=1S/C13H18N6O/c1-8-4-2-3-5-10(8)18-11-9(12(14)20)6-16-19-13(11)15-7-17-19/h6-8,10,18H,2-5H2,1H3,(H2,14,20). The minimum Gasteiger partial charge on any atom is -0.378 e. The molecule has 0 aromatic carbocycles. The summed E-state index contributed by atoms with van der Waals surface area (Å²) < 4.78 is 1.41. The topological polar surface area (TPSA) is 98.2 Å². The van der Waals surface area contributed by atoms with Crippen LogP contribution in [0.5, 0.6) is 0 Å². The minimum atomic E-state index is -0.506. The van der Waals surface area contributed by atoms with Gasteiger partial charge in [-0.05, 0) is 18.8 Å². The van der Waals surface area contributed by atoms with Gasteiger partial charge in [0.2, 0.25) is 0 Å². The highest BCUT2D eigenvalue weighted by atomic mass is 16.1. The summed E-state index contributed by atoms with van der Waals surface area (Å²) in [6.45, 7) is 2.23. The number of nitrogens with zero attached hydrogens (tertiary/aromatic N) is 4. The molecule has 1 aliphatic rings. The van der Waals surface area contributed by atoms with Gasteiger partial charge in [0.1, 0.15) is 6.33 Å². The molecule has 0 radical (unpaired) electrons. The number of carbonyl (C=O) groups excluding carboxylic acids is 1. The molecule has 2 unspecified atom stereocenters. The predicted octanol–water partition coefficient (Wildman–Crippen LogP) is 1.21. The van der Waals surface area contributed by atoms with Crippen molar-refractivity contribution < 1.29 is 4.79 Å². The number of rotatable bonds is 3. The van der Waals surface area contributed by atoms with Gasteiger partial charge in [0.05, 0.1) is 17.4 Å². The molecule has 2 aromatic heterocycles. The molecule has 2 aromatic rings. The minimum absolute atomic E-state index is 0.324. The zero-order chi connectivity index (χ0) is 14.1. The summed E-state index contributed by atoms with van der Waals surface area (Å²) in [7, 11) is 0. The van der Waals surface area contributed by atoms with Crippen molar-refractivity contribution in [3.05, 3.63) is 18.1 Å². The van der Waals surface area contributed by atoms with Gasteiger partial charge >= 0.3 is 0 Å². The van der Waals surface area contributed by atoms with Crippen LogP contribution in [0, 0.1) is 5.92 Å². The van der Waals surface area contributed by atoms with E-state index in [0.29, 0.717) is 28.9 Å². The van der Waals surface area contributed by atoms with Crippen molar-refractivity contribution in [1.29, 1.82) is 0 Å². The second kappa shape index (κ2) is 5.07. The van der Waals surface area contributed by atoms with Gasteiger partial charge in [-0.1, -0.05) is 19.8 Å². The first-order valence-electron chi connectivity index (χ1n) is 6.92. The number of anilines is 1. The molecule has 1 amide bonds. The molecule has 2 heterocycles. The first-order chi connectivity index (χ1) is 9.66. The van der Waals surface area contributed by atoms with E-state index in [0.717, 1.165) is 6.42 Å². The summed E-state index contributed by atoms with van der Waals surface area (Å²) in [6.07, 6.45) is 7.60. The van der Waals surface area contributed by atoms with E-state index >= 15 is 0 Å². The summed E-state index contributed by atoms with van der Waals surface area (Å²) in [6, 6.07) is 0.324. The number of fused-ring (bicyclic) bond motifs is 1. The largest absolute Gasteiger partial charge is 0.378 e. The van der Waals surface area contributed by atoms with Gasteiger partial charge in [-0.25, -0.2) is 4.98 Å². The molecule has 2 atom stereocenters. The molecule has 0 aliphatic heterocycles. The van der Waals surface area contributed by atoms with Gasteiger partial charge in [-0.15, -0.1) is 9.73 Å². The zero-order valence-electron chi connectivity index (χ0n) is 11.4. The molecule has 7 nitrogen and oxygen atoms in total. The molecular formula is C13H18N6O. The summed E-state index contributed by atoms with van der Waals surface area (Å²) in [5, 5.41) is 11.5. The van der Waals surface area contributed by atoms with Crippen molar-refractivity contribution in [2.24, 2.45) is 11.7 Å². The number of hydrogen-bond acceptors (Lipinski definition) is 5. The van der Waals surface area contributed by atoms with Crippen LogP contribution >= 0.6 is 0 Å². The van der Waals surface area contributed by atoms with Crippen LogP contribution in [0.15, 0.2) is 12.5 Å². The second-order valence-electron chi connectivity index (χ2n) is 5.38. The van der Waals surface area contributed by atoms with Crippen molar-refractivity contribution in [1.82, 2.24) is 19.8 Å². The van der Waals surface area contributed by atoms with Crippen LogP contribution in [0.3, 0.4) is 0 Å². The monoisotopic (exact) mass is 274 g/mol. The molecule has 7 heteroatoms. The van der Waals surface area contributed by atoms with Crippen LogP contribution in [0.2, 0.25) is 0 Å². The summed E-state index contributed by atoms with van der Waals surface area (Å²) in [5.74, 6) is 0.0505. The summed E-state index contributed by atoms with van der Waals surface area (Å²) >= 11 is 0.